The van der Waals surface area contributed by atoms with Gasteiger partial charge in [-0.05, 0) is 68.3 Å². The molecule has 2 aromatic carbocycles. The number of ether oxygens (including phenoxy) is 3. The standard InChI is InChI=1S/C34H50N2O5/c1-4-7-8-9-10-11-12-13-14-15-16-17-18-19-33(37)36-35-27-28-20-25-31(32(26-28)40-6-3)41-34(38)29-21-23-30(24-22-29)39-5-2/h20-27H,4-19H2,1-3H3,(H,36,37)/b35-27+. The van der Waals surface area contributed by atoms with Crippen LogP contribution < -0.4 is 19.6 Å². The predicted octanol–water partition coefficient (Wildman–Crippen LogP) is 8.63. The number of hydrogen-bond donors (Lipinski definition) is 1. The van der Waals surface area contributed by atoms with Gasteiger partial charge in [0.2, 0.25) is 5.91 Å². The summed E-state index contributed by atoms with van der Waals surface area (Å²) < 4.78 is 16.7. The van der Waals surface area contributed by atoms with Gasteiger partial charge in [0.25, 0.3) is 0 Å². The maximum absolute atomic E-state index is 12.6. The highest BCUT2D eigenvalue weighted by molar-refractivity contribution is 5.91. The third-order valence-electron chi connectivity index (χ3n) is 6.78. The fourth-order valence-corrected chi connectivity index (χ4v) is 4.51. The molecule has 7 heteroatoms. The molecule has 0 atom stereocenters. The second-order valence-electron chi connectivity index (χ2n) is 10.3. The van der Waals surface area contributed by atoms with E-state index >= 15 is 0 Å². The predicted molar refractivity (Wildman–Crippen MR) is 166 cm³/mol. The number of nitrogens with one attached hydrogen (secondary N) is 1. The second kappa shape index (κ2) is 21.4. The molecule has 0 aliphatic carbocycles. The smallest absolute Gasteiger partial charge is 0.343 e. The molecule has 0 bridgehead atoms. The Bertz CT molecular complexity index is 1040. The zero-order chi connectivity index (χ0) is 29.5. The molecular formula is C34H50N2O5. The summed E-state index contributed by atoms with van der Waals surface area (Å²) in [4.78, 5) is 24.8. The zero-order valence-corrected chi connectivity index (χ0v) is 25.4. The monoisotopic (exact) mass is 566 g/mol. The first-order valence-corrected chi connectivity index (χ1v) is 15.6. The molecule has 41 heavy (non-hydrogen) atoms. The van der Waals surface area contributed by atoms with Crippen LogP contribution in [-0.2, 0) is 4.79 Å². The van der Waals surface area contributed by atoms with E-state index in [1.54, 1.807) is 48.7 Å². The van der Waals surface area contributed by atoms with Crippen LogP contribution in [0, 0.1) is 0 Å². The van der Waals surface area contributed by atoms with E-state index in [4.69, 9.17) is 14.2 Å². The molecule has 226 valence electrons. The highest BCUT2D eigenvalue weighted by Crippen LogP contribution is 2.29. The molecule has 0 aliphatic rings. The number of carbonyl (C=O) groups is 2. The summed E-state index contributed by atoms with van der Waals surface area (Å²) in [5, 5.41) is 4.08. The molecule has 2 aromatic rings. The van der Waals surface area contributed by atoms with Crippen molar-refractivity contribution in [3.8, 4) is 17.2 Å². The van der Waals surface area contributed by atoms with Crippen molar-refractivity contribution >= 4 is 18.1 Å². The highest BCUT2D eigenvalue weighted by Gasteiger charge is 2.13. The van der Waals surface area contributed by atoms with E-state index in [1.807, 2.05) is 13.8 Å². The average molecular weight is 567 g/mol. The summed E-state index contributed by atoms with van der Waals surface area (Å²) >= 11 is 0. The Hall–Kier alpha value is -3.35. The van der Waals surface area contributed by atoms with Gasteiger partial charge in [-0.3, -0.25) is 4.79 Å². The molecule has 0 aromatic heterocycles. The van der Waals surface area contributed by atoms with Crippen LogP contribution in [0.5, 0.6) is 17.2 Å². The van der Waals surface area contributed by atoms with Gasteiger partial charge < -0.3 is 14.2 Å². The topological polar surface area (TPSA) is 86.2 Å². The Labute approximate surface area is 247 Å². The van der Waals surface area contributed by atoms with Crippen molar-refractivity contribution < 1.29 is 23.8 Å². The van der Waals surface area contributed by atoms with Gasteiger partial charge in [0.1, 0.15) is 5.75 Å². The third-order valence-corrected chi connectivity index (χ3v) is 6.78. The number of nitrogens with zero attached hydrogens (tertiary/aromatic N) is 1. The lowest BCUT2D eigenvalue weighted by Gasteiger charge is -2.11. The van der Waals surface area contributed by atoms with Crippen LogP contribution in [0.1, 0.15) is 127 Å². The molecule has 2 rings (SSSR count). The number of amides is 1. The summed E-state index contributed by atoms with van der Waals surface area (Å²) in [7, 11) is 0. The maximum Gasteiger partial charge on any atom is 0.343 e. The number of esters is 1. The van der Waals surface area contributed by atoms with E-state index < -0.39 is 5.97 Å². The first-order chi connectivity index (χ1) is 20.1. The molecule has 7 nitrogen and oxygen atoms in total. The lowest BCUT2D eigenvalue weighted by Crippen LogP contribution is -2.16. The summed E-state index contributed by atoms with van der Waals surface area (Å²) in [5.41, 5.74) is 3.73. The van der Waals surface area contributed by atoms with Crippen molar-refractivity contribution in [3.05, 3.63) is 53.6 Å². The Morgan fingerprint density at radius 2 is 1.29 bits per heavy atom. The molecule has 0 aliphatic heterocycles. The van der Waals surface area contributed by atoms with Crippen LogP contribution in [0.15, 0.2) is 47.6 Å². The van der Waals surface area contributed by atoms with E-state index in [9.17, 15) is 9.59 Å². The average Bonchev–Trinajstić information content (AvgIpc) is 2.97. The maximum atomic E-state index is 12.6. The van der Waals surface area contributed by atoms with Gasteiger partial charge in [-0.2, -0.15) is 5.10 Å². The number of carbonyl (C=O) groups excluding carboxylic acids is 2. The van der Waals surface area contributed by atoms with Crippen molar-refractivity contribution in [1.29, 1.82) is 0 Å². The van der Waals surface area contributed by atoms with Crippen LogP contribution in [0.3, 0.4) is 0 Å². The van der Waals surface area contributed by atoms with Crippen molar-refractivity contribution in [1.82, 2.24) is 5.43 Å². The Morgan fingerprint density at radius 3 is 1.88 bits per heavy atom. The van der Waals surface area contributed by atoms with Crippen molar-refractivity contribution in [2.75, 3.05) is 13.2 Å². The van der Waals surface area contributed by atoms with Gasteiger partial charge in [-0.25, -0.2) is 10.2 Å². The van der Waals surface area contributed by atoms with Crippen molar-refractivity contribution in [2.24, 2.45) is 5.10 Å². The minimum atomic E-state index is -0.490. The fraction of sp³-hybridized carbons (Fsp3) is 0.559. The molecule has 0 fully saturated rings. The van der Waals surface area contributed by atoms with E-state index in [-0.39, 0.29) is 5.91 Å². The highest BCUT2D eigenvalue weighted by atomic mass is 16.6. The largest absolute Gasteiger partial charge is 0.494 e. The molecule has 1 amide bonds. The fourth-order valence-electron chi connectivity index (χ4n) is 4.51. The molecule has 0 spiro atoms. The summed E-state index contributed by atoms with van der Waals surface area (Å²) in [5.74, 6) is 0.855. The van der Waals surface area contributed by atoms with Crippen LogP contribution >= 0.6 is 0 Å². The van der Waals surface area contributed by atoms with Gasteiger partial charge in [0.05, 0.1) is 25.0 Å². The lowest BCUT2D eigenvalue weighted by molar-refractivity contribution is -0.121. The first kappa shape index (κ1) is 33.9. The van der Waals surface area contributed by atoms with Gasteiger partial charge in [0, 0.05) is 6.42 Å². The summed E-state index contributed by atoms with van der Waals surface area (Å²) in [6, 6.07) is 11.9. The molecule has 0 heterocycles. The van der Waals surface area contributed by atoms with Gasteiger partial charge >= 0.3 is 5.97 Å². The Balaban J connectivity index is 1.67. The number of rotatable bonds is 22. The SMILES string of the molecule is CCCCCCCCCCCCCCCC(=O)N/N=C/c1ccc(OC(=O)c2ccc(OCC)cc2)c(OCC)c1. The Morgan fingerprint density at radius 1 is 0.707 bits per heavy atom. The quantitative estimate of drug-likeness (QED) is 0.0507. The second-order valence-corrected chi connectivity index (χ2v) is 10.3. The molecule has 0 saturated carbocycles. The third kappa shape index (κ3) is 14.7. The number of unbranched alkanes of at least 4 members (excludes halogenated alkanes) is 12. The molecule has 0 radical (unpaired) electrons. The minimum absolute atomic E-state index is 0.0877. The first-order valence-electron chi connectivity index (χ1n) is 15.6. The van der Waals surface area contributed by atoms with E-state index in [2.05, 4.69) is 17.5 Å². The van der Waals surface area contributed by atoms with Gasteiger partial charge in [-0.1, -0.05) is 84.0 Å². The summed E-state index contributed by atoms with van der Waals surface area (Å²) in [6.07, 6.45) is 18.6. The lowest BCUT2D eigenvalue weighted by atomic mass is 10.0. The van der Waals surface area contributed by atoms with Gasteiger partial charge in [0.15, 0.2) is 11.5 Å². The van der Waals surface area contributed by atoms with Crippen LogP contribution in [0.2, 0.25) is 0 Å². The molecule has 0 saturated heterocycles. The van der Waals surface area contributed by atoms with Crippen molar-refractivity contribution in [3.63, 3.8) is 0 Å². The number of hydrazone groups is 1. The molecular weight excluding hydrogens is 516 g/mol. The molecule has 0 unspecified atom stereocenters. The van der Waals surface area contributed by atoms with Crippen LogP contribution in [0.25, 0.3) is 0 Å². The normalized spacial score (nSPS) is 11.0. The number of benzene rings is 2. The van der Waals surface area contributed by atoms with Crippen LogP contribution in [-0.4, -0.2) is 31.3 Å². The van der Waals surface area contributed by atoms with E-state index in [1.165, 1.54) is 70.6 Å². The molecule has 1 N–H and O–H groups in total. The van der Waals surface area contributed by atoms with E-state index in [0.29, 0.717) is 42.4 Å². The Kier molecular flexibility index (Phi) is 17.7. The van der Waals surface area contributed by atoms with Crippen LogP contribution in [0.4, 0.5) is 0 Å². The van der Waals surface area contributed by atoms with Crippen molar-refractivity contribution in [2.45, 2.75) is 111 Å². The van der Waals surface area contributed by atoms with Gasteiger partial charge in [-0.15, -0.1) is 0 Å². The van der Waals surface area contributed by atoms with E-state index in [0.717, 1.165) is 18.4 Å². The summed E-state index contributed by atoms with van der Waals surface area (Å²) in [6.45, 7) is 6.98. The number of hydrogen-bond acceptors (Lipinski definition) is 6. The zero-order valence-electron chi connectivity index (χ0n) is 25.4. The minimum Gasteiger partial charge on any atom is -0.494 e.